The van der Waals surface area contributed by atoms with Gasteiger partial charge in [-0.05, 0) is 55.5 Å². The Morgan fingerprint density at radius 1 is 1.15 bits per heavy atom. The molecule has 2 fully saturated rings. The molecule has 0 spiro atoms. The van der Waals surface area contributed by atoms with Crippen LogP contribution in [0.1, 0.15) is 53.6 Å². The molecule has 1 aromatic heterocycles. The van der Waals surface area contributed by atoms with Gasteiger partial charge >= 0.3 is 0 Å². The molecule has 1 saturated heterocycles. The Kier molecular flexibility index (Phi) is 7.57. The molecule has 8 nitrogen and oxygen atoms in total. The van der Waals surface area contributed by atoms with Crippen molar-refractivity contribution in [2.24, 2.45) is 5.92 Å². The van der Waals surface area contributed by atoms with E-state index in [2.05, 4.69) is 20.9 Å². The number of aryl methyl sites for hydroxylation is 1. The maximum Gasteiger partial charge on any atom is 0.251 e. The minimum Gasteiger partial charge on any atom is -0.391 e. The third-order valence-corrected chi connectivity index (χ3v) is 6.41. The Morgan fingerprint density at radius 2 is 2.00 bits per heavy atom. The molecule has 3 atom stereocenters. The molecule has 1 saturated carbocycles. The number of aliphatic hydroxyl groups is 1. The average molecular weight is 453 g/mol. The maximum absolute atomic E-state index is 12.7. The zero-order valence-electron chi connectivity index (χ0n) is 19.0. The maximum atomic E-state index is 12.7. The zero-order chi connectivity index (χ0) is 23.2. The van der Waals surface area contributed by atoms with E-state index < -0.39 is 6.10 Å². The van der Waals surface area contributed by atoms with E-state index in [1.165, 1.54) is 0 Å². The number of amides is 2. The smallest absolute Gasteiger partial charge is 0.251 e. The van der Waals surface area contributed by atoms with Gasteiger partial charge in [0, 0.05) is 30.6 Å². The highest BCUT2D eigenvalue weighted by atomic mass is 16.5. The van der Waals surface area contributed by atoms with Crippen molar-refractivity contribution < 1.29 is 19.4 Å². The van der Waals surface area contributed by atoms with Crippen LogP contribution >= 0.6 is 0 Å². The molecule has 1 unspecified atom stereocenters. The monoisotopic (exact) mass is 452 g/mol. The number of ether oxygens (including phenoxy) is 1. The summed E-state index contributed by atoms with van der Waals surface area (Å²) < 4.78 is 5.26. The second-order valence-corrected chi connectivity index (χ2v) is 8.92. The molecule has 4 N–H and O–H groups in total. The summed E-state index contributed by atoms with van der Waals surface area (Å²) in [5.41, 5.74) is 3.41. The first-order valence-corrected chi connectivity index (χ1v) is 11.7. The van der Waals surface area contributed by atoms with E-state index in [0.717, 1.165) is 48.9 Å². The van der Waals surface area contributed by atoms with Gasteiger partial charge in [0.25, 0.3) is 5.91 Å². The van der Waals surface area contributed by atoms with E-state index in [1.807, 2.05) is 25.1 Å². The first kappa shape index (κ1) is 23.2. The van der Waals surface area contributed by atoms with E-state index in [9.17, 15) is 14.7 Å². The minimum atomic E-state index is -0.475. The quantitative estimate of drug-likeness (QED) is 0.514. The van der Waals surface area contributed by atoms with Crippen molar-refractivity contribution in [1.29, 1.82) is 0 Å². The van der Waals surface area contributed by atoms with Gasteiger partial charge in [-0.25, -0.2) is 4.98 Å². The molecule has 1 aromatic carbocycles. The summed E-state index contributed by atoms with van der Waals surface area (Å²) in [6, 6.07) is 9.08. The van der Waals surface area contributed by atoms with Gasteiger partial charge in [0.2, 0.25) is 5.91 Å². The molecule has 0 bridgehead atoms. The zero-order valence-corrected chi connectivity index (χ0v) is 19.0. The van der Waals surface area contributed by atoms with Crippen LogP contribution in [0.4, 0.5) is 11.5 Å². The molecular formula is C25H32N4O4. The number of anilines is 2. The van der Waals surface area contributed by atoms with Crippen molar-refractivity contribution in [2.45, 2.75) is 57.7 Å². The molecular weight excluding hydrogens is 420 g/mol. The molecule has 33 heavy (non-hydrogen) atoms. The Bertz CT molecular complexity index is 973. The Hall–Kier alpha value is -2.97. The topological polar surface area (TPSA) is 113 Å². The van der Waals surface area contributed by atoms with Gasteiger partial charge in [0.1, 0.15) is 5.82 Å². The minimum absolute atomic E-state index is 0.0580. The van der Waals surface area contributed by atoms with Crippen LogP contribution in [0.5, 0.6) is 0 Å². The van der Waals surface area contributed by atoms with E-state index in [4.69, 9.17) is 4.74 Å². The highest BCUT2D eigenvalue weighted by Gasteiger charge is 2.25. The number of hydrogen-bond donors (Lipinski definition) is 4. The highest BCUT2D eigenvalue weighted by Crippen LogP contribution is 2.21. The van der Waals surface area contributed by atoms with E-state index in [-0.39, 0.29) is 23.8 Å². The number of nitrogens with zero attached hydrogens (tertiary/aromatic N) is 1. The summed E-state index contributed by atoms with van der Waals surface area (Å²) in [5.74, 6) is 0.188. The predicted octanol–water partition coefficient (Wildman–Crippen LogP) is 3.01. The van der Waals surface area contributed by atoms with Gasteiger partial charge in [0.15, 0.2) is 0 Å². The number of carbonyl (C=O) groups is 2. The second kappa shape index (κ2) is 10.8. The lowest BCUT2D eigenvalue weighted by atomic mass is 9.92. The fourth-order valence-corrected chi connectivity index (χ4v) is 4.25. The van der Waals surface area contributed by atoms with Crippen molar-refractivity contribution in [3.8, 4) is 0 Å². The molecule has 2 amide bonds. The molecule has 1 aliphatic heterocycles. The summed E-state index contributed by atoms with van der Waals surface area (Å²) in [6.45, 7) is 3.61. The van der Waals surface area contributed by atoms with Crippen LogP contribution in [0, 0.1) is 12.8 Å². The number of carbonyl (C=O) groups excluding carboxylic acids is 2. The molecule has 0 radical (unpaired) electrons. The first-order chi connectivity index (χ1) is 16.0. The Balaban J connectivity index is 1.33. The predicted molar refractivity (Wildman–Crippen MR) is 126 cm³/mol. The van der Waals surface area contributed by atoms with Crippen molar-refractivity contribution in [2.75, 3.05) is 23.8 Å². The van der Waals surface area contributed by atoms with Crippen molar-refractivity contribution >= 4 is 23.3 Å². The van der Waals surface area contributed by atoms with Crippen LogP contribution in [0.2, 0.25) is 0 Å². The summed E-state index contributed by atoms with van der Waals surface area (Å²) in [7, 11) is 0. The van der Waals surface area contributed by atoms with Crippen LogP contribution in [-0.4, -0.2) is 47.3 Å². The van der Waals surface area contributed by atoms with Gasteiger partial charge in [-0.2, -0.15) is 0 Å². The fourth-order valence-electron chi connectivity index (χ4n) is 4.25. The Labute approximate surface area is 194 Å². The number of pyridine rings is 1. The van der Waals surface area contributed by atoms with Gasteiger partial charge in [-0.3, -0.25) is 9.59 Å². The molecule has 176 valence electrons. The highest BCUT2D eigenvalue weighted by molar-refractivity contribution is 5.95. The second-order valence-electron chi connectivity index (χ2n) is 8.92. The third kappa shape index (κ3) is 6.09. The van der Waals surface area contributed by atoms with Crippen LogP contribution in [-0.2, 0) is 16.1 Å². The number of aromatic nitrogens is 1. The average Bonchev–Trinajstić information content (AvgIpc) is 3.36. The van der Waals surface area contributed by atoms with Gasteiger partial charge < -0.3 is 25.8 Å². The van der Waals surface area contributed by atoms with Crippen molar-refractivity contribution in [3.05, 3.63) is 53.2 Å². The normalized spacial score (nSPS) is 22.5. The molecule has 2 heterocycles. The van der Waals surface area contributed by atoms with Crippen molar-refractivity contribution in [3.63, 3.8) is 0 Å². The standard InChI is InChI=1S/C25H32N4O4/c1-16-6-8-18(24(31)28-20-4-2-3-5-22(20)30)12-21(16)26-13-17-7-9-23(27-14-17)29-25(32)19-10-11-33-15-19/h6-9,12,14,19-20,22,26,30H,2-5,10-11,13,15H2,1H3,(H,28,31)(H,27,29,32)/t19?,20-,22-/m0/s1. The summed E-state index contributed by atoms with van der Waals surface area (Å²) in [4.78, 5) is 29.2. The van der Waals surface area contributed by atoms with Gasteiger partial charge in [0.05, 0.1) is 24.7 Å². The van der Waals surface area contributed by atoms with Gasteiger partial charge in [-0.15, -0.1) is 0 Å². The summed E-state index contributed by atoms with van der Waals surface area (Å²) in [5, 5.41) is 19.3. The largest absolute Gasteiger partial charge is 0.391 e. The molecule has 4 rings (SSSR count). The number of hydrogen-bond acceptors (Lipinski definition) is 6. The molecule has 1 aliphatic carbocycles. The van der Waals surface area contributed by atoms with E-state index >= 15 is 0 Å². The van der Waals surface area contributed by atoms with Crippen LogP contribution in [0.25, 0.3) is 0 Å². The number of aliphatic hydroxyl groups excluding tert-OH is 1. The van der Waals surface area contributed by atoms with Gasteiger partial charge in [-0.1, -0.05) is 25.0 Å². The van der Waals surface area contributed by atoms with Crippen LogP contribution < -0.4 is 16.0 Å². The summed E-state index contributed by atoms with van der Waals surface area (Å²) in [6.07, 6.45) is 5.56. The SMILES string of the molecule is Cc1ccc(C(=O)N[C@H]2CCCC[C@@H]2O)cc1NCc1ccc(NC(=O)C2CCOC2)nc1. The van der Waals surface area contributed by atoms with E-state index in [0.29, 0.717) is 31.1 Å². The molecule has 2 aromatic rings. The lowest BCUT2D eigenvalue weighted by Gasteiger charge is -2.28. The van der Waals surface area contributed by atoms with E-state index in [1.54, 1.807) is 18.3 Å². The fraction of sp³-hybridized carbons (Fsp3) is 0.480. The number of rotatable bonds is 7. The van der Waals surface area contributed by atoms with Crippen molar-refractivity contribution in [1.82, 2.24) is 10.3 Å². The molecule has 2 aliphatic rings. The van der Waals surface area contributed by atoms with Crippen LogP contribution in [0.3, 0.4) is 0 Å². The van der Waals surface area contributed by atoms with Crippen LogP contribution in [0.15, 0.2) is 36.5 Å². The number of benzene rings is 1. The first-order valence-electron chi connectivity index (χ1n) is 11.7. The number of nitrogens with one attached hydrogen (secondary N) is 3. The lowest BCUT2D eigenvalue weighted by Crippen LogP contribution is -2.45. The summed E-state index contributed by atoms with van der Waals surface area (Å²) >= 11 is 0. The Morgan fingerprint density at radius 3 is 2.73 bits per heavy atom. The third-order valence-electron chi connectivity index (χ3n) is 6.41. The lowest BCUT2D eigenvalue weighted by molar-refractivity contribution is -0.119. The molecule has 8 heteroatoms.